The van der Waals surface area contributed by atoms with Gasteiger partial charge in [0.25, 0.3) is 12.3 Å². The van der Waals surface area contributed by atoms with Gasteiger partial charge in [0.2, 0.25) is 0 Å². The van der Waals surface area contributed by atoms with E-state index >= 15 is 0 Å². The number of pyridine rings is 1. The topological polar surface area (TPSA) is 59.8 Å². The molecule has 24 heavy (non-hydrogen) atoms. The van der Waals surface area contributed by atoms with Crippen molar-refractivity contribution in [2.24, 2.45) is 0 Å². The highest BCUT2D eigenvalue weighted by molar-refractivity contribution is 5.92. The van der Waals surface area contributed by atoms with E-state index in [0.717, 1.165) is 16.9 Å². The van der Waals surface area contributed by atoms with Crippen LogP contribution in [0.2, 0.25) is 0 Å². The molecule has 2 aromatic heterocycles. The molecule has 0 spiro atoms. The molecule has 2 aromatic rings. The Hall–Kier alpha value is -2.52. The van der Waals surface area contributed by atoms with E-state index in [9.17, 15) is 26.7 Å². The summed E-state index contributed by atoms with van der Waals surface area (Å²) in [6.45, 7) is 0.921. The Morgan fingerprint density at radius 3 is 2.54 bits per heavy atom. The van der Waals surface area contributed by atoms with Crippen molar-refractivity contribution < 1.29 is 26.7 Å². The van der Waals surface area contributed by atoms with Crippen LogP contribution in [0, 0.1) is 0 Å². The van der Waals surface area contributed by atoms with Crippen molar-refractivity contribution in [2.75, 3.05) is 0 Å². The first-order chi connectivity index (χ1) is 11.2. The Morgan fingerprint density at radius 2 is 2.00 bits per heavy atom. The van der Waals surface area contributed by atoms with Crippen LogP contribution in [0.15, 0.2) is 30.6 Å². The van der Waals surface area contributed by atoms with Gasteiger partial charge in [0.05, 0.1) is 6.04 Å². The van der Waals surface area contributed by atoms with E-state index in [1.54, 1.807) is 6.92 Å². The Labute approximate surface area is 133 Å². The van der Waals surface area contributed by atoms with Gasteiger partial charge < -0.3 is 5.32 Å². The van der Waals surface area contributed by atoms with Crippen molar-refractivity contribution in [3.8, 4) is 0 Å². The molecule has 2 heterocycles. The number of carbonyl (C=O) groups excluding carboxylic acids is 1. The maximum atomic E-state index is 12.4. The molecule has 0 unspecified atom stereocenters. The van der Waals surface area contributed by atoms with Crippen LogP contribution in [0.25, 0.3) is 0 Å². The van der Waals surface area contributed by atoms with E-state index in [0.29, 0.717) is 5.56 Å². The van der Waals surface area contributed by atoms with Crippen molar-refractivity contribution in [1.82, 2.24) is 20.1 Å². The van der Waals surface area contributed by atoms with Gasteiger partial charge in [0.1, 0.15) is 17.9 Å². The highest BCUT2D eigenvalue weighted by Gasteiger charge is 2.32. The number of carbonyl (C=O) groups is 1. The van der Waals surface area contributed by atoms with Crippen molar-refractivity contribution in [3.63, 3.8) is 0 Å². The lowest BCUT2D eigenvalue weighted by atomic mass is 10.1. The Morgan fingerprint density at radius 1 is 1.29 bits per heavy atom. The fourth-order valence-electron chi connectivity index (χ4n) is 1.91. The molecule has 10 heteroatoms. The predicted octanol–water partition coefficient (Wildman–Crippen LogP) is 3.05. The van der Waals surface area contributed by atoms with Crippen molar-refractivity contribution in [3.05, 3.63) is 47.5 Å². The predicted molar refractivity (Wildman–Crippen MR) is 73.4 cm³/mol. The molecule has 1 atom stereocenters. The van der Waals surface area contributed by atoms with Crippen LogP contribution in [0.3, 0.4) is 0 Å². The molecule has 0 saturated heterocycles. The largest absolute Gasteiger partial charge is 0.433 e. The lowest BCUT2D eigenvalue weighted by Gasteiger charge is -2.14. The monoisotopic (exact) mass is 348 g/mol. The average Bonchev–Trinajstić information content (AvgIpc) is 2.94. The highest BCUT2D eigenvalue weighted by Crippen LogP contribution is 2.27. The van der Waals surface area contributed by atoms with Crippen LogP contribution in [0.5, 0.6) is 0 Å². The van der Waals surface area contributed by atoms with Gasteiger partial charge in [0, 0.05) is 12.4 Å². The van der Waals surface area contributed by atoms with Crippen LogP contribution in [0.1, 0.15) is 34.7 Å². The Kier molecular flexibility index (Phi) is 5.15. The summed E-state index contributed by atoms with van der Waals surface area (Å²) in [5, 5.41) is 6.22. The molecule has 0 aliphatic rings. The van der Waals surface area contributed by atoms with E-state index < -0.39 is 36.8 Å². The maximum absolute atomic E-state index is 12.4. The summed E-state index contributed by atoms with van der Waals surface area (Å²) in [6, 6.07) is 2.66. The summed E-state index contributed by atoms with van der Waals surface area (Å²) in [5.74, 6) is -0.629. The second kappa shape index (κ2) is 6.93. The highest BCUT2D eigenvalue weighted by atomic mass is 19.4. The number of rotatable bonds is 5. The number of nitrogens with one attached hydrogen (secondary N) is 1. The Bertz CT molecular complexity index is 696. The molecule has 0 saturated carbocycles. The minimum atomic E-state index is -4.54. The van der Waals surface area contributed by atoms with Crippen LogP contribution >= 0.6 is 0 Å². The molecule has 0 radical (unpaired) electrons. The Balaban J connectivity index is 2.02. The molecule has 130 valence electrons. The first-order valence-electron chi connectivity index (χ1n) is 6.82. The number of hydrogen-bond donors (Lipinski definition) is 1. The third-order valence-corrected chi connectivity index (χ3v) is 3.12. The lowest BCUT2D eigenvalue weighted by molar-refractivity contribution is -0.141. The molecule has 0 bridgehead atoms. The molecule has 0 aliphatic carbocycles. The van der Waals surface area contributed by atoms with E-state index in [4.69, 9.17) is 0 Å². The number of nitrogens with zero attached hydrogens (tertiary/aromatic N) is 3. The summed E-state index contributed by atoms with van der Waals surface area (Å²) in [7, 11) is 0. The molecular formula is C14H13F5N4O. The first-order valence-corrected chi connectivity index (χ1v) is 6.82. The molecular weight excluding hydrogens is 335 g/mol. The fourth-order valence-corrected chi connectivity index (χ4v) is 1.91. The maximum Gasteiger partial charge on any atom is 0.433 e. The van der Waals surface area contributed by atoms with Crippen molar-refractivity contribution >= 4 is 5.91 Å². The number of alkyl halides is 5. The van der Waals surface area contributed by atoms with Gasteiger partial charge in [-0.1, -0.05) is 6.07 Å². The van der Waals surface area contributed by atoms with Crippen LogP contribution in [-0.4, -0.2) is 27.1 Å². The van der Waals surface area contributed by atoms with E-state index in [1.165, 1.54) is 18.3 Å². The molecule has 0 aliphatic heterocycles. The lowest BCUT2D eigenvalue weighted by Crippen LogP contribution is -2.27. The molecule has 0 fully saturated rings. The number of amides is 1. The van der Waals surface area contributed by atoms with E-state index in [2.05, 4.69) is 15.4 Å². The van der Waals surface area contributed by atoms with Crippen LogP contribution in [-0.2, 0) is 12.7 Å². The van der Waals surface area contributed by atoms with Crippen LogP contribution in [0.4, 0.5) is 22.0 Å². The standard InChI is InChI=1S/C14H13F5N4O/c1-8(9-2-3-11(20-6-9)14(17,18)19)21-13(24)10-4-5-23(22-10)7-12(15)16/h2-6,8,12H,7H2,1H3,(H,21,24)/t8-/m1/s1. The zero-order chi connectivity index (χ0) is 17.9. The van der Waals surface area contributed by atoms with Crippen molar-refractivity contribution in [1.29, 1.82) is 0 Å². The molecule has 2 rings (SSSR count). The average molecular weight is 348 g/mol. The minimum absolute atomic E-state index is 0.0672. The van der Waals surface area contributed by atoms with Gasteiger partial charge in [-0.3, -0.25) is 14.5 Å². The van der Waals surface area contributed by atoms with E-state index in [-0.39, 0.29) is 5.69 Å². The van der Waals surface area contributed by atoms with Gasteiger partial charge in [-0.05, 0) is 24.6 Å². The number of hydrogen-bond acceptors (Lipinski definition) is 3. The zero-order valence-corrected chi connectivity index (χ0v) is 12.4. The number of halogens is 5. The fraction of sp³-hybridized carbons (Fsp3) is 0.357. The molecule has 1 N–H and O–H groups in total. The second-order valence-electron chi connectivity index (χ2n) is 4.98. The third-order valence-electron chi connectivity index (χ3n) is 3.12. The first kappa shape index (κ1) is 17.8. The third kappa shape index (κ3) is 4.49. The summed E-state index contributed by atoms with van der Waals surface area (Å²) in [5.41, 5.74) is -0.735. The van der Waals surface area contributed by atoms with Crippen LogP contribution < -0.4 is 5.32 Å². The van der Waals surface area contributed by atoms with Gasteiger partial charge in [-0.2, -0.15) is 18.3 Å². The summed E-state index contributed by atoms with van der Waals surface area (Å²) >= 11 is 0. The molecule has 1 amide bonds. The number of aromatic nitrogens is 3. The summed E-state index contributed by atoms with van der Waals surface area (Å²) in [6.07, 6.45) is -4.88. The zero-order valence-electron chi connectivity index (χ0n) is 12.4. The molecule has 0 aromatic carbocycles. The summed E-state index contributed by atoms with van der Waals surface area (Å²) < 4.78 is 62.7. The van der Waals surface area contributed by atoms with Gasteiger partial charge in [0.15, 0.2) is 0 Å². The smallest absolute Gasteiger partial charge is 0.344 e. The van der Waals surface area contributed by atoms with Gasteiger partial charge in [-0.25, -0.2) is 8.78 Å². The minimum Gasteiger partial charge on any atom is -0.344 e. The normalized spacial score (nSPS) is 13.1. The van der Waals surface area contributed by atoms with Crippen molar-refractivity contribution in [2.45, 2.75) is 32.1 Å². The second-order valence-corrected chi connectivity index (χ2v) is 4.98. The SMILES string of the molecule is C[C@@H](NC(=O)c1ccn(CC(F)F)n1)c1ccc(C(F)(F)F)nc1. The van der Waals surface area contributed by atoms with Gasteiger partial charge in [-0.15, -0.1) is 0 Å². The van der Waals surface area contributed by atoms with Gasteiger partial charge >= 0.3 is 6.18 Å². The van der Waals surface area contributed by atoms with E-state index in [1.807, 2.05) is 0 Å². The summed E-state index contributed by atoms with van der Waals surface area (Å²) in [4.78, 5) is 15.3. The quantitative estimate of drug-likeness (QED) is 0.845. The molecule has 5 nitrogen and oxygen atoms in total.